The second kappa shape index (κ2) is 9.76. The lowest BCUT2D eigenvalue weighted by Crippen LogP contribution is -2.44. The summed E-state index contributed by atoms with van der Waals surface area (Å²) in [7, 11) is 1.61. The number of amides is 2. The molecule has 2 amide bonds. The van der Waals surface area contributed by atoms with Gasteiger partial charge < -0.3 is 14.5 Å². The Kier molecular flexibility index (Phi) is 7.41. The Morgan fingerprint density at radius 2 is 1.52 bits per heavy atom. The first kappa shape index (κ1) is 20.5. The van der Waals surface area contributed by atoms with E-state index in [1.807, 2.05) is 68.4 Å². The molecule has 0 aliphatic rings. The third kappa shape index (κ3) is 6.13. The second-order valence-electron chi connectivity index (χ2n) is 6.82. The molecule has 0 saturated heterocycles. The maximum Gasteiger partial charge on any atom is 0.242 e. The Labute approximate surface area is 161 Å². The zero-order valence-corrected chi connectivity index (χ0v) is 16.5. The van der Waals surface area contributed by atoms with Crippen molar-refractivity contribution in [2.24, 2.45) is 0 Å². The van der Waals surface area contributed by atoms with Gasteiger partial charge in [-0.2, -0.15) is 0 Å². The highest BCUT2D eigenvalue weighted by molar-refractivity contribution is 5.84. The van der Waals surface area contributed by atoms with Crippen LogP contribution in [0.5, 0.6) is 5.75 Å². The van der Waals surface area contributed by atoms with E-state index in [9.17, 15) is 9.59 Å². The largest absolute Gasteiger partial charge is 0.497 e. The van der Waals surface area contributed by atoms with Crippen molar-refractivity contribution < 1.29 is 14.3 Å². The summed E-state index contributed by atoms with van der Waals surface area (Å²) in [5.74, 6) is 0.582. The van der Waals surface area contributed by atoms with Crippen molar-refractivity contribution in [1.29, 1.82) is 0 Å². The summed E-state index contributed by atoms with van der Waals surface area (Å²) < 4.78 is 5.16. The Bertz CT molecular complexity index is 742. The van der Waals surface area contributed by atoms with Crippen LogP contribution in [0, 0.1) is 0 Å². The lowest BCUT2D eigenvalue weighted by molar-refractivity contribution is -0.141. The van der Waals surface area contributed by atoms with Crippen molar-refractivity contribution in [1.82, 2.24) is 9.80 Å². The van der Waals surface area contributed by atoms with Crippen LogP contribution in [0.15, 0.2) is 54.6 Å². The highest BCUT2D eigenvalue weighted by atomic mass is 16.5. The quantitative estimate of drug-likeness (QED) is 0.717. The number of carbonyl (C=O) groups is 2. The first-order valence-corrected chi connectivity index (χ1v) is 9.12. The van der Waals surface area contributed by atoms with E-state index in [-0.39, 0.29) is 24.4 Å². The molecule has 5 nitrogen and oxygen atoms in total. The van der Waals surface area contributed by atoms with E-state index in [1.165, 1.54) is 6.92 Å². The molecule has 0 saturated carbocycles. The van der Waals surface area contributed by atoms with Gasteiger partial charge >= 0.3 is 0 Å². The van der Waals surface area contributed by atoms with E-state index >= 15 is 0 Å². The molecule has 0 aliphatic carbocycles. The minimum Gasteiger partial charge on any atom is -0.497 e. The second-order valence-corrected chi connectivity index (χ2v) is 6.82. The average Bonchev–Trinajstić information content (AvgIpc) is 2.66. The molecule has 2 aromatic carbocycles. The average molecular weight is 368 g/mol. The van der Waals surface area contributed by atoms with Crippen molar-refractivity contribution >= 4 is 11.8 Å². The van der Waals surface area contributed by atoms with Crippen LogP contribution in [-0.2, 0) is 22.7 Å². The Hall–Kier alpha value is -2.82. The molecule has 0 N–H and O–H groups in total. The summed E-state index contributed by atoms with van der Waals surface area (Å²) in [6.07, 6.45) is 0. The summed E-state index contributed by atoms with van der Waals surface area (Å²) in [5, 5.41) is 0. The van der Waals surface area contributed by atoms with Crippen LogP contribution in [0.4, 0.5) is 0 Å². The number of hydrogen-bond donors (Lipinski definition) is 0. The molecule has 5 heteroatoms. The van der Waals surface area contributed by atoms with E-state index in [1.54, 1.807) is 16.9 Å². The minimum absolute atomic E-state index is 0.0486. The maximum atomic E-state index is 12.9. The number of ether oxygens (including phenoxy) is 1. The van der Waals surface area contributed by atoms with Gasteiger partial charge in [0, 0.05) is 26.1 Å². The van der Waals surface area contributed by atoms with Crippen LogP contribution < -0.4 is 4.74 Å². The van der Waals surface area contributed by atoms with Crippen LogP contribution in [-0.4, -0.2) is 41.3 Å². The number of methoxy groups -OCH3 is 1. The fraction of sp³-hybridized carbons (Fsp3) is 0.364. The Morgan fingerprint density at radius 1 is 0.926 bits per heavy atom. The SMILES string of the molecule is COc1ccc(CN(CC(=O)N(Cc2ccccc2)C(C)C)C(C)=O)cc1. The fourth-order valence-electron chi connectivity index (χ4n) is 2.82. The molecule has 2 aromatic rings. The number of benzene rings is 2. The molecule has 0 heterocycles. The van der Waals surface area contributed by atoms with Gasteiger partial charge in [0.15, 0.2) is 0 Å². The summed E-state index contributed by atoms with van der Waals surface area (Å²) in [6, 6.07) is 17.5. The molecule has 0 aromatic heterocycles. The van der Waals surface area contributed by atoms with Gasteiger partial charge in [-0.3, -0.25) is 9.59 Å². The molecule has 27 heavy (non-hydrogen) atoms. The summed E-state index contributed by atoms with van der Waals surface area (Å²) in [5.41, 5.74) is 2.03. The maximum absolute atomic E-state index is 12.9. The van der Waals surface area contributed by atoms with Crippen molar-refractivity contribution in [3.05, 3.63) is 65.7 Å². The molecule has 0 spiro atoms. The topological polar surface area (TPSA) is 49.9 Å². The number of nitrogens with zero attached hydrogens (tertiary/aromatic N) is 2. The van der Waals surface area contributed by atoms with Gasteiger partial charge in [0.05, 0.1) is 7.11 Å². The van der Waals surface area contributed by atoms with E-state index in [2.05, 4.69) is 0 Å². The van der Waals surface area contributed by atoms with Crippen molar-refractivity contribution in [2.75, 3.05) is 13.7 Å². The van der Waals surface area contributed by atoms with Gasteiger partial charge in [-0.05, 0) is 37.1 Å². The van der Waals surface area contributed by atoms with Crippen molar-refractivity contribution in [3.63, 3.8) is 0 Å². The molecule has 0 bridgehead atoms. The molecule has 0 radical (unpaired) electrons. The van der Waals surface area contributed by atoms with Gasteiger partial charge in [0.1, 0.15) is 12.3 Å². The van der Waals surface area contributed by atoms with Crippen LogP contribution >= 0.6 is 0 Å². The van der Waals surface area contributed by atoms with Crippen molar-refractivity contribution in [3.8, 4) is 5.75 Å². The van der Waals surface area contributed by atoms with Crippen LogP contribution in [0.2, 0.25) is 0 Å². The Balaban J connectivity index is 2.07. The van der Waals surface area contributed by atoms with Crippen molar-refractivity contribution in [2.45, 2.75) is 39.9 Å². The Morgan fingerprint density at radius 3 is 2.04 bits per heavy atom. The molecule has 0 fully saturated rings. The highest BCUT2D eigenvalue weighted by Crippen LogP contribution is 2.14. The van der Waals surface area contributed by atoms with Gasteiger partial charge in [-0.1, -0.05) is 42.5 Å². The molecule has 2 rings (SSSR count). The normalized spacial score (nSPS) is 10.6. The molecule has 0 atom stereocenters. The minimum atomic E-state index is -0.123. The predicted molar refractivity (Wildman–Crippen MR) is 106 cm³/mol. The molecular weight excluding hydrogens is 340 g/mol. The predicted octanol–water partition coefficient (Wildman–Crippen LogP) is 3.48. The zero-order chi connectivity index (χ0) is 19.8. The van der Waals surface area contributed by atoms with Gasteiger partial charge in [-0.25, -0.2) is 0 Å². The molecule has 144 valence electrons. The standard InChI is InChI=1S/C22H28N2O3/c1-17(2)24(15-19-8-6-5-7-9-19)22(26)16-23(18(3)25)14-20-10-12-21(27-4)13-11-20/h5-13,17H,14-16H2,1-4H3. The highest BCUT2D eigenvalue weighted by Gasteiger charge is 2.21. The zero-order valence-electron chi connectivity index (χ0n) is 16.5. The van der Waals surface area contributed by atoms with Crippen LogP contribution in [0.25, 0.3) is 0 Å². The van der Waals surface area contributed by atoms with E-state index < -0.39 is 0 Å². The van der Waals surface area contributed by atoms with Gasteiger partial charge in [-0.15, -0.1) is 0 Å². The fourth-order valence-corrected chi connectivity index (χ4v) is 2.82. The summed E-state index contributed by atoms with van der Waals surface area (Å²) >= 11 is 0. The number of carbonyl (C=O) groups excluding carboxylic acids is 2. The summed E-state index contributed by atoms with van der Waals surface area (Å²) in [4.78, 5) is 28.4. The number of hydrogen-bond acceptors (Lipinski definition) is 3. The van der Waals surface area contributed by atoms with Crippen LogP contribution in [0.3, 0.4) is 0 Å². The lowest BCUT2D eigenvalue weighted by atomic mass is 10.1. The molecule has 0 unspecified atom stereocenters. The third-order valence-electron chi connectivity index (χ3n) is 4.44. The van der Waals surface area contributed by atoms with Gasteiger partial charge in [0.2, 0.25) is 11.8 Å². The number of rotatable bonds is 8. The molecular formula is C22H28N2O3. The lowest BCUT2D eigenvalue weighted by Gasteiger charge is -2.30. The van der Waals surface area contributed by atoms with E-state index in [4.69, 9.17) is 4.74 Å². The molecule has 0 aliphatic heterocycles. The summed E-state index contributed by atoms with van der Waals surface area (Å²) in [6.45, 7) is 6.46. The first-order valence-electron chi connectivity index (χ1n) is 9.12. The van der Waals surface area contributed by atoms with Gasteiger partial charge in [0.25, 0.3) is 0 Å². The van der Waals surface area contributed by atoms with E-state index in [0.717, 1.165) is 16.9 Å². The van der Waals surface area contributed by atoms with Crippen LogP contribution in [0.1, 0.15) is 31.9 Å². The third-order valence-corrected chi connectivity index (χ3v) is 4.44. The smallest absolute Gasteiger partial charge is 0.242 e. The monoisotopic (exact) mass is 368 g/mol. The first-order chi connectivity index (χ1) is 12.9. The van der Waals surface area contributed by atoms with E-state index in [0.29, 0.717) is 13.1 Å².